The first-order valence-electron chi connectivity index (χ1n) is 6.40. The van der Waals surface area contributed by atoms with E-state index in [2.05, 4.69) is 36.0 Å². The number of rotatable bonds is 4. The number of anilines is 2. The van der Waals surface area contributed by atoms with E-state index in [-0.39, 0.29) is 0 Å². The Morgan fingerprint density at radius 2 is 2.00 bits per heavy atom. The van der Waals surface area contributed by atoms with E-state index in [1.54, 1.807) is 0 Å². The first-order chi connectivity index (χ1) is 8.15. The normalized spacial score (nSPS) is 20.2. The van der Waals surface area contributed by atoms with Crippen molar-refractivity contribution in [2.75, 3.05) is 44.4 Å². The highest BCUT2D eigenvalue weighted by Crippen LogP contribution is 2.26. The first kappa shape index (κ1) is 12.2. The molecule has 1 atom stereocenters. The summed E-state index contributed by atoms with van der Waals surface area (Å²) in [5.74, 6) is 0.843. The summed E-state index contributed by atoms with van der Waals surface area (Å²) in [6.45, 7) is 3.57. The molecule has 17 heavy (non-hydrogen) atoms. The van der Waals surface area contributed by atoms with E-state index in [9.17, 15) is 0 Å². The maximum atomic E-state index is 5.71. The van der Waals surface area contributed by atoms with Crippen molar-refractivity contribution in [3.8, 4) is 0 Å². The fraction of sp³-hybridized carbons (Fsp3) is 0.571. The average Bonchev–Trinajstić information content (AvgIpc) is 2.76. The van der Waals surface area contributed by atoms with Crippen molar-refractivity contribution in [2.45, 2.75) is 12.8 Å². The number of hydrogen-bond donors (Lipinski definition) is 1. The van der Waals surface area contributed by atoms with Crippen LogP contribution in [-0.2, 0) is 0 Å². The zero-order valence-electron chi connectivity index (χ0n) is 10.9. The molecule has 2 rings (SSSR count). The predicted molar refractivity (Wildman–Crippen MR) is 74.3 cm³/mol. The lowest BCUT2D eigenvalue weighted by Gasteiger charge is -2.19. The van der Waals surface area contributed by atoms with Crippen LogP contribution in [0.15, 0.2) is 24.3 Å². The highest BCUT2D eigenvalue weighted by molar-refractivity contribution is 5.53. The molecule has 3 nitrogen and oxygen atoms in total. The third-order valence-corrected chi connectivity index (χ3v) is 3.53. The van der Waals surface area contributed by atoms with Gasteiger partial charge in [-0.05, 0) is 63.7 Å². The summed E-state index contributed by atoms with van der Waals surface area (Å²) >= 11 is 0. The molecule has 2 N–H and O–H groups in total. The molecule has 1 unspecified atom stereocenters. The van der Waals surface area contributed by atoms with Gasteiger partial charge >= 0.3 is 0 Å². The fourth-order valence-corrected chi connectivity index (χ4v) is 2.43. The van der Waals surface area contributed by atoms with Gasteiger partial charge in [0.25, 0.3) is 0 Å². The third kappa shape index (κ3) is 3.37. The second-order valence-corrected chi connectivity index (χ2v) is 5.28. The number of hydrogen-bond acceptors (Lipinski definition) is 3. The molecule has 1 aliphatic rings. The summed E-state index contributed by atoms with van der Waals surface area (Å²) in [5, 5.41) is 0. The molecule has 3 heteroatoms. The van der Waals surface area contributed by atoms with Gasteiger partial charge in [0, 0.05) is 24.5 Å². The smallest absolute Gasteiger partial charge is 0.0367 e. The molecular weight excluding hydrogens is 210 g/mol. The van der Waals surface area contributed by atoms with Crippen LogP contribution < -0.4 is 10.6 Å². The summed E-state index contributed by atoms with van der Waals surface area (Å²) in [6.07, 6.45) is 2.62. The summed E-state index contributed by atoms with van der Waals surface area (Å²) in [5.41, 5.74) is 7.87. The highest BCUT2D eigenvalue weighted by atomic mass is 15.2. The minimum atomic E-state index is 0.843. The average molecular weight is 233 g/mol. The molecule has 1 fully saturated rings. The van der Waals surface area contributed by atoms with Crippen LogP contribution in [-0.4, -0.2) is 38.6 Å². The van der Waals surface area contributed by atoms with Gasteiger partial charge in [0.15, 0.2) is 0 Å². The van der Waals surface area contributed by atoms with Gasteiger partial charge in [0.2, 0.25) is 0 Å². The van der Waals surface area contributed by atoms with Crippen molar-refractivity contribution in [3.05, 3.63) is 24.3 Å². The van der Waals surface area contributed by atoms with Gasteiger partial charge in [-0.3, -0.25) is 0 Å². The second-order valence-electron chi connectivity index (χ2n) is 5.28. The lowest BCUT2D eigenvalue weighted by molar-refractivity contribution is 0.361. The topological polar surface area (TPSA) is 32.5 Å². The molecule has 94 valence electrons. The number of nitrogens with zero attached hydrogens (tertiary/aromatic N) is 2. The van der Waals surface area contributed by atoms with E-state index in [1.807, 2.05) is 12.1 Å². The van der Waals surface area contributed by atoms with Crippen LogP contribution in [0.25, 0.3) is 0 Å². The molecule has 0 spiro atoms. The Bertz CT molecular complexity index is 345. The monoisotopic (exact) mass is 233 g/mol. The van der Waals surface area contributed by atoms with Crippen molar-refractivity contribution in [1.82, 2.24) is 4.90 Å². The molecule has 0 aromatic heterocycles. The molecule has 0 saturated carbocycles. The number of benzene rings is 1. The fourth-order valence-electron chi connectivity index (χ4n) is 2.43. The highest BCUT2D eigenvalue weighted by Gasteiger charge is 2.22. The molecule has 0 bridgehead atoms. The largest absolute Gasteiger partial charge is 0.399 e. The summed E-state index contributed by atoms with van der Waals surface area (Å²) < 4.78 is 0. The molecule has 1 aromatic rings. The third-order valence-electron chi connectivity index (χ3n) is 3.53. The van der Waals surface area contributed by atoms with Crippen LogP contribution in [0.3, 0.4) is 0 Å². The van der Waals surface area contributed by atoms with Gasteiger partial charge in [0.1, 0.15) is 0 Å². The van der Waals surface area contributed by atoms with Gasteiger partial charge in [-0.25, -0.2) is 0 Å². The van der Waals surface area contributed by atoms with E-state index in [0.29, 0.717) is 0 Å². The Balaban J connectivity index is 1.87. The van der Waals surface area contributed by atoms with Gasteiger partial charge in [-0.1, -0.05) is 0 Å². The van der Waals surface area contributed by atoms with E-state index in [4.69, 9.17) is 5.73 Å². The minimum Gasteiger partial charge on any atom is -0.399 e. The maximum Gasteiger partial charge on any atom is 0.0367 e. The Morgan fingerprint density at radius 3 is 2.65 bits per heavy atom. The molecule has 1 aliphatic heterocycles. The predicted octanol–water partition coefficient (Wildman–Crippen LogP) is 2.05. The van der Waals surface area contributed by atoms with Crippen molar-refractivity contribution in [2.24, 2.45) is 5.92 Å². The van der Waals surface area contributed by atoms with Crippen LogP contribution in [0.5, 0.6) is 0 Å². The van der Waals surface area contributed by atoms with Crippen LogP contribution in [0.1, 0.15) is 12.8 Å². The Labute approximate surface area is 104 Å². The van der Waals surface area contributed by atoms with Gasteiger partial charge in [-0.2, -0.15) is 0 Å². The number of nitrogen functional groups attached to an aromatic ring is 1. The van der Waals surface area contributed by atoms with Crippen LogP contribution in [0, 0.1) is 5.92 Å². The van der Waals surface area contributed by atoms with Gasteiger partial charge < -0.3 is 15.5 Å². The molecule has 1 aromatic carbocycles. The summed E-state index contributed by atoms with van der Waals surface area (Å²) in [7, 11) is 4.29. The minimum absolute atomic E-state index is 0.843. The maximum absolute atomic E-state index is 5.71. The molecule has 0 radical (unpaired) electrons. The first-order valence-corrected chi connectivity index (χ1v) is 6.40. The van der Waals surface area contributed by atoms with Crippen molar-refractivity contribution >= 4 is 11.4 Å². The summed E-state index contributed by atoms with van der Waals surface area (Å²) in [6, 6.07) is 8.23. The Kier molecular flexibility index (Phi) is 3.89. The molecular formula is C14H23N3. The zero-order valence-corrected chi connectivity index (χ0v) is 10.9. The molecule has 0 aliphatic carbocycles. The van der Waals surface area contributed by atoms with E-state index < -0.39 is 0 Å². The van der Waals surface area contributed by atoms with Crippen molar-refractivity contribution in [3.63, 3.8) is 0 Å². The van der Waals surface area contributed by atoms with Crippen molar-refractivity contribution < 1.29 is 0 Å². The SMILES string of the molecule is CN(C)CCC1CCN(c2ccc(N)cc2)C1. The molecule has 1 saturated heterocycles. The lowest BCUT2D eigenvalue weighted by Crippen LogP contribution is -2.21. The summed E-state index contributed by atoms with van der Waals surface area (Å²) in [4.78, 5) is 4.74. The Hall–Kier alpha value is -1.22. The standard InChI is InChI=1S/C14H23N3/c1-16(2)9-7-12-8-10-17(11-12)14-5-3-13(15)4-6-14/h3-6,12H,7-11,15H2,1-2H3. The van der Waals surface area contributed by atoms with Crippen molar-refractivity contribution in [1.29, 1.82) is 0 Å². The number of nitrogens with two attached hydrogens (primary N) is 1. The quantitative estimate of drug-likeness (QED) is 0.808. The van der Waals surface area contributed by atoms with Crippen LogP contribution >= 0.6 is 0 Å². The van der Waals surface area contributed by atoms with E-state index in [1.165, 1.54) is 38.2 Å². The lowest BCUT2D eigenvalue weighted by atomic mass is 10.1. The molecule has 1 heterocycles. The second kappa shape index (κ2) is 5.41. The van der Waals surface area contributed by atoms with E-state index in [0.717, 1.165) is 11.6 Å². The van der Waals surface area contributed by atoms with Crippen LogP contribution in [0.4, 0.5) is 11.4 Å². The van der Waals surface area contributed by atoms with E-state index >= 15 is 0 Å². The zero-order chi connectivity index (χ0) is 12.3. The van der Waals surface area contributed by atoms with Gasteiger partial charge in [0.05, 0.1) is 0 Å². The Morgan fingerprint density at radius 1 is 1.29 bits per heavy atom. The van der Waals surface area contributed by atoms with Gasteiger partial charge in [-0.15, -0.1) is 0 Å². The molecule has 0 amide bonds. The van der Waals surface area contributed by atoms with Crippen LogP contribution in [0.2, 0.25) is 0 Å².